The van der Waals surface area contributed by atoms with E-state index in [2.05, 4.69) is 15.8 Å². The Labute approximate surface area is 133 Å². The first kappa shape index (κ1) is 15.9. The minimum absolute atomic E-state index is 0.0984. The highest BCUT2D eigenvalue weighted by Crippen LogP contribution is 2.07. The minimum atomic E-state index is -0.350. The zero-order valence-corrected chi connectivity index (χ0v) is 13.0. The first-order chi connectivity index (χ1) is 10.6. The summed E-state index contributed by atoms with van der Waals surface area (Å²) in [5.41, 5.74) is 4.37. The van der Waals surface area contributed by atoms with Gasteiger partial charge in [0.05, 0.1) is 11.4 Å². The van der Waals surface area contributed by atoms with Crippen molar-refractivity contribution in [2.24, 2.45) is 5.10 Å². The average Bonchev–Trinajstić information content (AvgIpc) is 3.06. The van der Waals surface area contributed by atoms with Crippen LogP contribution in [0, 0.1) is 0 Å². The van der Waals surface area contributed by atoms with Crippen molar-refractivity contribution in [1.82, 2.24) is 10.7 Å². The van der Waals surface area contributed by atoms with E-state index in [1.165, 1.54) is 11.3 Å². The molecule has 1 heterocycles. The maximum atomic E-state index is 11.7. The van der Waals surface area contributed by atoms with Crippen LogP contribution >= 0.6 is 11.3 Å². The highest BCUT2D eigenvalue weighted by Gasteiger charge is 2.08. The van der Waals surface area contributed by atoms with E-state index in [0.717, 1.165) is 11.3 Å². The Bertz CT molecular complexity index is 651. The Balaban J connectivity index is 1.75. The molecule has 5 nitrogen and oxygen atoms in total. The molecule has 2 rings (SSSR count). The number of benzene rings is 1. The van der Waals surface area contributed by atoms with Gasteiger partial charge in [0.2, 0.25) is 0 Å². The van der Waals surface area contributed by atoms with E-state index in [1.54, 1.807) is 12.1 Å². The van der Waals surface area contributed by atoms with Gasteiger partial charge in [-0.25, -0.2) is 5.43 Å². The summed E-state index contributed by atoms with van der Waals surface area (Å²) in [6.45, 7) is 1.75. The van der Waals surface area contributed by atoms with Gasteiger partial charge in [0.1, 0.15) is 0 Å². The molecule has 114 valence electrons. The van der Waals surface area contributed by atoms with Crippen LogP contribution in [0.1, 0.15) is 22.2 Å². The van der Waals surface area contributed by atoms with Gasteiger partial charge in [-0.15, -0.1) is 11.3 Å². The predicted molar refractivity (Wildman–Crippen MR) is 88.0 cm³/mol. The van der Waals surface area contributed by atoms with Crippen LogP contribution in [0.3, 0.4) is 0 Å². The van der Waals surface area contributed by atoms with Crippen LogP contribution in [0.15, 0.2) is 52.9 Å². The molecular formula is C16H17N3O2S. The monoisotopic (exact) mass is 315 g/mol. The quantitative estimate of drug-likeness (QED) is 0.634. The van der Waals surface area contributed by atoms with E-state index < -0.39 is 0 Å². The molecule has 0 aliphatic carbocycles. The van der Waals surface area contributed by atoms with Crippen molar-refractivity contribution in [3.05, 3.63) is 58.3 Å². The molecule has 0 atom stereocenters. The van der Waals surface area contributed by atoms with Gasteiger partial charge < -0.3 is 5.32 Å². The fourth-order valence-electron chi connectivity index (χ4n) is 1.78. The fraction of sp³-hybridized carbons (Fsp3) is 0.188. The second-order valence-electron chi connectivity index (χ2n) is 4.70. The van der Waals surface area contributed by atoms with Gasteiger partial charge in [-0.1, -0.05) is 36.4 Å². The molecule has 0 spiro atoms. The number of rotatable bonds is 6. The molecule has 2 aromatic rings. The Kier molecular flexibility index (Phi) is 5.85. The summed E-state index contributed by atoms with van der Waals surface area (Å²) >= 11 is 1.33. The summed E-state index contributed by atoms with van der Waals surface area (Å²) in [5.74, 6) is -0.604. The molecule has 0 saturated heterocycles. The van der Waals surface area contributed by atoms with Gasteiger partial charge >= 0.3 is 0 Å². The standard InChI is InChI=1S/C16H17N3O2S/c1-12(10-13-6-3-2-4-7-13)18-19-15(20)11-17-16(21)14-8-5-9-22-14/h2-9H,10-11H2,1H3,(H,17,21)(H,19,20)/b18-12+. The molecular weight excluding hydrogens is 298 g/mol. The fourth-order valence-corrected chi connectivity index (χ4v) is 2.42. The number of nitrogens with zero attached hydrogens (tertiary/aromatic N) is 1. The lowest BCUT2D eigenvalue weighted by Crippen LogP contribution is -2.34. The number of hydrazone groups is 1. The smallest absolute Gasteiger partial charge is 0.261 e. The summed E-state index contributed by atoms with van der Waals surface area (Å²) in [6, 6.07) is 13.4. The van der Waals surface area contributed by atoms with Crippen molar-refractivity contribution in [3.8, 4) is 0 Å². The van der Waals surface area contributed by atoms with E-state index in [-0.39, 0.29) is 18.4 Å². The largest absolute Gasteiger partial charge is 0.342 e. The molecule has 0 unspecified atom stereocenters. The molecule has 6 heteroatoms. The first-order valence-corrected chi connectivity index (χ1v) is 7.71. The van der Waals surface area contributed by atoms with Crippen molar-refractivity contribution >= 4 is 28.9 Å². The van der Waals surface area contributed by atoms with E-state index in [9.17, 15) is 9.59 Å². The molecule has 22 heavy (non-hydrogen) atoms. The highest BCUT2D eigenvalue weighted by atomic mass is 32.1. The lowest BCUT2D eigenvalue weighted by molar-refractivity contribution is -0.120. The van der Waals surface area contributed by atoms with Crippen molar-refractivity contribution < 1.29 is 9.59 Å². The topological polar surface area (TPSA) is 70.6 Å². The molecule has 0 saturated carbocycles. The minimum Gasteiger partial charge on any atom is -0.342 e. The lowest BCUT2D eigenvalue weighted by atomic mass is 10.1. The maximum Gasteiger partial charge on any atom is 0.261 e. The normalized spacial score (nSPS) is 11.0. The summed E-state index contributed by atoms with van der Waals surface area (Å²) < 4.78 is 0. The number of hydrogen-bond donors (Lipinski definition) is 2. The average molecular weight is 315 g/mol. The highest BCUT2D eigenvalue weighted by molar-refractivity contribution is 7.12. The van der Waals surface area contributed by atoms with Gasteiger partial charge in [-0.3, -0.25) is 9.59 Å². The van der Waals surface area contributed by atoms with Crippen molar-refractivity contribution in [3.63, 3.8) is 0 Å². The van der Waals surface area contributed by atoms with Crippen LogP contribution in [0.4, 0.5) is 0 Å². The van der Waals surface area contributed by atoms with Crippen molar-refractivity contribution in [1.29, 1.82) is 0 Å². The summed E-state index contributed by atoms with van der Waals surface area (Å²) in [7, 11) is 0. The molecule has 0 fully saturated rings. The van der Waals surface area contributed by atoms with Crippen LogP contribution < -0.4 is 10.7 Å². The number of thiophene rings is 1. The Morgan fingerprint density at radius 3 is 2.59 bits per heavy atom. The third-order valence-electron chi connectivity index (χ3n) is 2.83. The second-order valence-corrected chi connectivity index (χ2v) is 5.65. The SMILES string of the molecule is C/C(Cc1ccccc1)=N\NC(=O)CNC(=O)c1cccs1. The molecule has 1 aromatic heterocycles. The molecule has 2 amide bonds. The van der Waals surface area contributed by atoms with Gasteiger partial charge in [-0.05, 0) is 23.9 Å². The second kappa shape index (κ2) is 8.09. The van der Waals surface area contributed by atoms with Crippen molar-refractivity contribution in [2.45, 2.75) is 13.3 Å². The number of carbonyl (C=O) groups is 2. The molecule has 0 bridgehead atoms. The molecule has 0 aliphatic rings. The van der Waals surface area contributed by atoms with Crippen LogP contribution in [-0.2, 0) is 11.2 Å². The Morgan fingerprint density at radius 2 is 1.91 bits per heavy atom. The third kappa shape index (κ3) is 5.14. The zero-order chi connectivity index (χ0) is 15.8. The molecule has 2 N–H and O–H groups in total. The van der Waals surface area contributed by atoms with Crippen LogP contribution in [0.5, 0.6) is 0 Å². The predicted octanol–water partition coefficient (Wildman–Crippen LogP) is 2.21. The molecule has 0 radical (unpaired) electrons. The maximum absolute atomic E-state index is 11.7. The van der Waals surface area contributed by atoms with Crippen molar-refractivity contribution in [2.75, 3.05) is 6.54 Å². The van der Waals surface area contributed by atoms with Gasteiger partial charge in [0.25, 0.3) is 11.8 Å². The van der Waals surface area contributed by atoms with E-state index in [1.807, 2.05) is 42.6 Å². The van der Waals surface area contributed by atoms with Gasteiger partial charge in [0.15, 0.2) is 0 Å². The third-order valence-corrected chi connectivity index (χ3v) is 3.70. The zero-order valence-electron chi connectivity index (χ0n) is 12.2. The first-order valence-electron chi connectivity index (χ1n) is 6.83. The Morgan fingerprint density at radius 1 is 1.14 bits per heavy atom. The van der Waals surface area contributed by atoms with Crippen LogP contribution in [0.2, 0.25) is 0 Å². The summed E-state index contributed by atoms with van der Waals surface area (Å²) in [5, 5.41) is 8.39. The Hall–Kier alpha value is -2.47. The van der Waals surface area contributed by atoms with Crippen LogP contribution in [-0.4, -0.2) is 24.1 Å². The number of carbonyl (C=O) groups excluding carboxylic acids is 2. The number of amides is 2. The number of hydrogen-bond acceptors (Lipinski definition) is 4. The summed E-state index contributed by atoms with van der Waals surface area (Å²) in [6.07, 6.45) is 0.669. The summed E-state index contributed by atoms with van der Waals surface area (Å²) in [4.78, 5) is 23.9. The lowest BCUT2D eigenvalue weighted by Gasteiger charge is -2.04. The van der Waals surface area contributed by atoms with E-state index in [0.29, 0.717) is 11.3 Å². The van der Waals surface area contributed by atoms with Gasteiger partial charge in [-0.2, -0.15) is 5.10 Å². The van der Waals surface area contributed by atoms with E-state index in [4.69, 9.17) is 0 Å². The van der Waals surface area contributed by atoms with E-state index >= 15 is 0 Å². The number of nitrogens with one attached hydrogen (secondary N) is 2. The van der Waals surface area contributed by atoms with Crippen LogP contribution in [0.25, 0.3) is 0 Å². The van der Waals surface area contributed by atoms with Gasteiger partial charge in [0, 0.05) is 12.1 Å². The molecule has 1 aromatic carbocycles. The molecule has 0 aliphatic heterocycles.